The van der Waals surface area contributed by atoms with Crippen molar-refractivity contribution in [2.45, 2.75) is 25.2 Å². The first-order valence-electron chi connectivity index (χ1n) is 5.82. The molecule has 2 aromatic heterocycles. The lowest BCUT2D eigenvalue weighted by molar-refractivity contribution is 0.699. The lowest BCUT2D eigenvalue weighted by atomic mass is 10.0. The second-order valence-electron chi connectivity index (χ2n) is 4.22. The average Bonchev–Trinajstić information content (AvgIpc) is 3.00. The lowest BCUT2D eigenvalue weighted by Crippen LogP contribution is -1.93. The van der Waals surface area contributed by atoms with Crippen molar-refractivity contribution in [2.75, 3.05) is 5.32 Å². The summed E-state index contributed by atoms with van der Waals surface area (Å²) in [5, 5.41) is 10.4. The van der Waals surface area contributed by atoms with E-state index in [0.29, 0.717) is 11.7 Å². The highest BCUT2D eigenvalue weighted by atomic mass is 15.2. The Kier molecular flexibility index (Phi) is 2.73. The molecule has 5 heteroatoms. The largest absolute Gasteiger partial charge is 0.322 e. The van der Waals surface area contributed by atoms with Gasteiger partial charge in [-0.1, -0.05) is 0 Å². The van der Waals surface area contributed by atoms with E-state index < -0.39 is 0 Å². The van der Waals surface area contributed by atoms with Crippen molar-refractivity contribution in [2.24, 2.45) is 0 Å². The first-order chi connectivity index (χ1) is 8.42. The Balaban J connectivity index is 1.72. The molecule has 1 fully saturated rings. The summed E-state index contributed by atoms with van der Waals surface area (Å²) in [5.74, 6) is 2.11. The van der Waals surface area contributed by atoms with E-state index in [9.17, 15) is 0 Å². The van der Waals surface area contributed by atoms with Gasteiger partial charge in [0.15, 0.2) is 5.82 Å². The maximum Gasteiger partial charge on any atom is 0.153 e. The summed E-state index contributed by atoms with van der Waals surface area (Å²) in [5.41, 5.74) is 1.20. The molecule has 1 radical (unpaired) electrons. The number of hydrogen-bond donors (Lipinski definition) is 2. The van der Waals surface area contributed by atoms with Crippen molar-refractivity contribution in [3.63, 3.8) is 0 Å². The fourth-order valence-electron chi connectivity index (χ4n) is 2.14. The van der Waals surface area contributed by atoms with Crippen molar-refractivity contribution in [1.82, 2.24) is 20.2 Å². The number of hydrogen-bond acceptors (Lipinski definition) is 4. The summed E-state index contributed by atoms with van der Waals surface area (Å²) in [6, 6.07) is 2.05. The highest BCUT2D eigenvalue weighted by Crippen LogP contribution is 2.33. The summed E-state index contributed by atoms with van der Waals surface area (Å²) in [7, 11) is 0. The molecule has 1 atom stereocenters. The maximum atomic E-state index is 4.24. The van der Waals surface area contributed by atoms with Gasteiger partial charge in [0.2, 0.25) is 0 Å². The Morgan fingerprint density at radius 3 is 3.06 bits per heavy atom. The molecule has 2 aromatic rings. The van der Waals surface area contributed by atoms with Gasteiger partial charge in [0, 0.05) is 30.1 Å². The van der Waals surface area contributed by atoms with Crippen LogP contribution in [0.15, 0.2) is 24.7 Å². The molecule has 1 aliphatic rings. The fraction of sp³-hybridized carbons (Fsp3) is 0.333. The van der Waals surface area contributed by atoms with E-state index in [0.717, 1.165) is 12.2 Å². The Morgan fingerprint density at radius 1 is 1.29 bits per heavy atom. The van der Waals surface area contributed by atoms with Gasteiger partial charge in [-0.05, 0) is 25.7 Å². The normalized spacial score (nSPS) is 16.2. The number of H-pyrrole nitrogens is 1. The summed E-state index contributed by atoms with van der Waals surface area (Å²) < 4.78 is 0. The van der Waals surface area contributed by atoms with Gasteiger partial charge in [0.25, 0.3) is 0 Å². The van der Waals surface area contributed by atoms with Gasteiger partial charge >= 0.3 is 0 Å². The molecule has 0 amide bonds. The van der Waals surface area contributed by atoms with Crippen molar-refractivity contribution in [1.29, 1.82) is 0 Å². The van der Waals surface area contributed by atoms with Gasteiger partial charge in [-0.3, -0.25) is 10.1 Å². The Labute approximate surface area is 99.7 Å². The van der Waals surface area contributed by atoms with E-state index in [1.807, 2.05) is 0 Å². The SMILES string of the molecule is [CH]1CC[C@@H](c2cc(Nc3cnccn3)n[nH]2)C1. The van der Waals surface area contributed by atoms with E-state index in [1.54, 1.807) is 18.6 Å². The highest BCUT2D eigenvalue weighted by molar-refractivity contribution is 5.50. The Hall–Kier alpha value is -1.91. The maximum absolute atomic E-state index is 4.24. The van der Waals surface area contributed by atoms with Crippen LogP contribution < -0.4 is 5.32 Å². The van der Waals surface area contributed by atoms with Crippen LogP contribution in [0.3, 0.4) is 0 Å². The van der Waals surface area contributed by atoms with Gasteiger partial charge in [-0.2, -0.15) is 5.10 Å². The summed E-state index contributed by atoms with van der Waals surface area (Å²) >= 11 is 0. The lowest BCUT2D eigenvalue weighted by Gasteiger charge is -2.03. The van der Waals surface area contributed by atoms with Gasteiger partial charge in [-0.15, -0.1) is 0 Å². The number of rotatable bonds is 3. The molecule has 17 heavy (non-hydrogen) atoms. The first-order valence-corrected chi connectivity index (χ1v) is 5.82. The number of aromatic amines is 1. The van der Waals surface area contributed by atoms with Crippen LogP contribution in [0.2, 0.25) is 0 Å². The number of nitrogens with zero attached hydrogens (tertiary/aromatic N) is 3. The molecular formula is C12H14N5. The zero-order chi connectivity index (χ0) is 11.5. The van der Waals surface area contributed by atoms with Crippen molar-refractivity contribution >= 4 is 11.6 Å². The second-order valence-corrected chi connectivity index (χ2v) is 4.22. The predicted octanol–water partition coefficient (Wildman–Crippen LogP) is 2.42. The third kappa shape index (κ3) is 2.27. The molecule has 2 heterocycles. The summed E-state index contributed by atoms with van der Waals surface area (Å²) in [6.07, 6.45) is 10.9. The van der Waals surface area contributed by atoms with Crippen LogP contribution in [0.1, 0.15) is 30.9 Å². The minimum atomic E-state index is 0.597. The molecular weight excluding hydrogens is 214 g/mol. The van der Waals surface area contributed by atoms with Crippen LogP contribution in [-0.4, -0.2) is 20.2 Å². The summed E-state index contributed by atoms with van der Waals surface area (Å²) in [6.45, 7) is 0. The molecule has 87 valence electrons. The summed E-state index contributed by atoms with van der Waals surface area (Å²) in [4.78, 5) is 8.14. The van der Waals surface area contributed by atoms with Gasteiger partial charge in [0.05, 0.1) is 6.20 Å². The fourth-order valence-corrected chi connectivity index (χ4v) is 2.14. The van der Waals surface area contributed by atoms with E-state index in [4.69, 9.17) is 0 Å². The smallest absolute Gasteiger partial charge is 0.153 e. The molecule has 0 unspecified atom stereocenters. The molecule has 0 saturated heterocycles. The van der Waals surface area contributed by atoms with E-state index in [2.05, 4.69) is 38.0 Å². The molecule has 0 aromatic carbocycles. The van der Waals surface area contributed by atoms with Crippen LogP contribution in [0.4, 0.5) is 11.6 Å². The standard InChI is InChI=1S/C12H14N5/c1-2-4-9(3-1)10-7-11(17-16-10)15-12-8-13-5-6-14-12/h1,5-9H,2-4H2,(H2,14,15,16,17)/t9-/m0/s1. The van der Waals surface area contributed by atoms with Crippen molar-refractivity contribution < 1.29 is 0 Å². The predicted molar refractivity (Wildman–Crippen MR) is 64.8 cm³/mol. The first kappa shape index (κ1) is 10.3. The van der Waals surface area contributed by atoms with Gasteiger partial charge in [-0.25, -0.2) is 4.98 Å². The van der Waals surface area contributed by atoms with E-state index in [-0.39, 0.29) is 0 Å². The quantitative estimate of drug-likeness (QED) is 0.846. The Bertz CT molecular complexity index is 473. The van der Waals surface area contributed by atoms with Crippen LogP contribution in [0.5, 0.6) is 0 Å². The molecule has 0 aliphatic heterocycles. The van der Waals surface area contributed by atoms with Crippen LogP contribution in [-0.2, 0) is 0 Å². The van der Waals surface area contributed by atoms with Crippen LogP contribution >= 0.6 is 0 Å². The molecule has 5 nitrogen and oxygen atoms in total. The molecule has 1 aliphatic carbocycles. The zero-order valence-electron chi connectivity index (χ0n) is 9.43. The molecule has 1 saturated carbocycles. The molecule has 0 bridgehead atoms. The molecule has 0 spiro atoms. The zero-order valence-corrected chi connectivity index (χ0v) is 9.43. The molecule has 2 N–H and O–H groups in total. The van der Waals surface area contributed by atoms with Crippen molar-refractivity contribution in [3.05, 3.63) is 36.8 Å². The van der Waals surface area contributed by atoms with Crippen LogP contribution in [0, 0.1) is 6.42 Å². The third-order valence-corrected chi connectivity index (χ3v) is 3.03. The topological polar surface area (TPSA) is 66.5 Å². The molecule has 3 rings (SSSR count). The van der Waals surface area contributed by atoms with Crippen LogP contribution in [0.25, 0.3) is 0 Å². The minimum Gasteiger partial charge on any atom is -0.322 e. The monoisotopic (exact) mass is 228 g/mol. The number of nitrogens with one attached hydrogen (secondary N) is 2. The highest BCUT2D eigenvalue weighted by Gasteiger charge is 2.19. The average molecular weight is 228 g/mol. The van der Waals surface area contributed by atoms with Gasteiger partial charge < -0.3 is 5.32 Å². The van der Waals surface area contributed by atoms with Crippen molar-refractivity contribution in [3.8, 4) is 0 Å². The number of aromatic nitrogens is 4. The number of anilines is 2. The van der Waals surface area contributed by atoms with E-state index in [1.165, 1.54) is 18.5 Å². The van der Waals surface area contributed by atoms with E-state index >= 15 is 0 Å². The Morgan fingerprint density at radius 2 is 2.29 bits per heavy atom. The minimum absolute atomic E-state index is 0.597. The van der Waals surface area contributed by atoms with Gasteiger partial charge in [0.1, 0.15) is 5.82 Å². The third-order valence-electron chi connectivity index (χ3n) is 3.03. The second kappa shape index (κ2) is 4.53.